The second-order valence-corrected chi connectivity index (χ2v) is 13.1. The van der Waals surface area contributed by atoms with Crippen molar-refractivity contribution in [1.29, 1.82) is 0 Å². The molecule has 0 spiro atoms. The summed E-state index contributed by atoms with van der Waals surface area (Å²) < 4.78 is 46.0. The zero-order chi connectivity index (χ0) is 18.7. The van der Waals surface area contributed by atoms with E-state index in [0.717, 1.165) is 23.5 Å². The van der Waals surface area contributed by atoms with Crippen LogP contribution in [-0.2, 0) is 29.3 Å². The van der Waals surface area contributed by atoms with E-state index >= 15 is 0 Å². The molecule has 14 heteroatoms. The van der Waals surface area contributed by atoms with Gasteiger partial charge in [-0.3, -0.25) is 30.2 Å². The molecule has 0 saturated carbocycles. The topological polar surface area (TPSA) is 151 Å². The first-order valence-electron chi connectivity index (χ1n) is 7.62. The maximum absolute atomic E-state index is 12.0. The maximum Gasteiger partial charge on any atom is 0.315 e. The summed E-state index contributed by atoms with van der Waals surface area (Å²) in [5.74, 6) is -1.92. The molecule has 2 N–H and O–H groups in total. The minimum atomic E-state index is -3.09. The molecule has 2 amide bonds. The number of hydrogen-bond acceptors (Lipinski definition) is 10. The Morgan fingerprint density at radius 1 is 0.769 bits per heavy atom. The first-order valence-corrected chi connectivity index (χ1v) is 13.0. The van der Waals surface area contributed by atoms with E-state index in [1.807, 2.05) is 0 Å². The van der Waals surface area contributed by atoms with E-state index in [0.29, 0.717) is 0 Å². The lowest BCUT2D eigenvalue weighted by Gasteiger charge is -2.07. The van der Waals surface area contributed by atoms with Gasteiger partial charge in [-0.05, 0) is 0 Å². The van der Waals surface area contributed by atoms with Crippen molar-refractivity contribution in [3.63, 3.8) is 0 Å². The van der Waals surface area contributed by atoms with E-state index in [9.17, 15) is 26.4 Å². The first-order chi connectivity index (χ1) is 12.1. The summed E-state index contributed by atoms with van der Waals surface area (Å²) in [6.07, 6.45) is 0. The van der Waals surface area contributed by atoms with Crippen molar-refractivity contribution in [3.05, 3.63) is 0 Å². The van der Waals surface area contributed by atoms with Gasteiger partial charge in [0.2, 0.25) is 0 Å². The molecule has 0 bridgehead atoms. The van der Waals surface area contributed by atoms with E-state index in [2.05, 4.69) is 20.6 Å². The molecular formula is C12H14N4O6S4. The Morgan fingerprint density at radius 2 is 1.15 bits per heavy atom. The number of carbonyl (C=O) groups excluding carboxylic acids is 2. The van der Waals surface area contributed by atoms with Gasteiger partial charge in [0, 0.05) is 10.5 Å². The van der Waals surface area contributed by atoms with Crippen molar-refractivity contribution in [1.82, 2.24) is 10.6 Å². The number of nitrogens with zero attached hydrogens (tertiary/aromatic N) is 2. The summed E-state index contributed by atoms with van der Waals surface area (Å²) >= 11 is 2.28. The van der Waals surface area contributed by atoms with Crippen LogP contribution in [0.3, 0.4) is 0 Å². The highest BCUT2D eigenvalue weighted by atomic mass is 32.2. The molecule has 2 saturated heterocycles. The normalized spacial score (nSPS) is 36.0. The Bertz CT molecular complexity index is 878. The van der Waals surface area contributed by atoms with Gasteiger partial charge in [0.25, 0.3) is 0 Å². The van der Waals surface area contributed by atoms with Crippen LogP contribution in [0.1, 0.15) is 0 Å². The number of nitrogens with one attached hydrogen (secondary N) is 2. The summed E-state index contributed by atoms with van der Waals surface area (Å²) in [7, 11) is -6.17. The van der Waals surface area contributed by atoms with Crippen LogP contribution in [0.2, 0.25) is 0 Å². The SMILES string of the molecule is O=C(NC1=N[C@H]2CS(=O)(=O)C[C@@H]2S1)C(=O)NC1=N[C@@H]2CS(=O)(=O)C[C@H]2S1. The highest BCUT2D eigenvalue weighted by Gasteiger charge is 2.44. The van der Waals surface area contributed by atoms with Crippen molar-refractivity contribution in [2.75, 3.05) is 23.0 Å². The van der Waals surface area contributed by atoms with Crippen molar-refractivity contribution in [3.8, 4) is 0 Å². The number of amides is 2. The quantitative estimate of drug-likeness (QED) is 0.403. The van der Waals surface area contributed by atoms with Gasteiger partial charge >= 0.3 is 11.8 Å². The van der Waals surface area contributed by atoms with Gasteiger partial charge in [-0.25, -0.2) is 16.8 Å². The predicted molar refractivity (Wildman–Crippen MR) is 98.8 cm³/mol. The lowest BCUT2D eigenvalue weighted by Crippen LogP contribution is -2.43. The van der Waals surface area contributed by atoms with Crippen molar-refractivity contribution in [2.45, 2.75) is 22.6 Å². The molecule has 2 fully saturated rings. The highest BCUT2D eigenvalue weighted by molar-refractivity contribution is 8.15. The number of thioether (sulfide) groups is 2. The average Bonchev–Trinajstić information content (AvgIpc) is 3.14. The predicted octanol–water partition coefficient (Wildman–Crippen LogP) is -2.24. The zero-order valence-electron chi connectivity index (χ0n) is 13.1. The molecule has 4 heterocycles. The van der Waals surface area contributed by atoms with Crippen LogP contribution in [0.5, 0.6) is 0 Å². The monoisotopic (exact) mass is 438 g/mol. The summed E-state index contributed by atoms with van der Waals surface area (Å²) in [5, 5.41) is 4.77. The third-order valence-corrected chi connectivity index (χ3v) is 10.6. The fraction of sp³-hybridized carbons (Fsp3) is 0.667. The Labute approximate surface area is 157 Å². The van der Waals surface area contributed by atoms with E-state index in [1.54, 1.807) is 0 Å². The Kier molecular flexibility index (Phi) is 4.36. The number of hydrogen-bond donors (Lipinski definition) is 2. The first kappa shape index (κ1) is 18.3. The van der Waals surface area contributed by atoms with Gasteiger partial charge in [-0.15, -0.1) is 0 Å². The maximum atomic E-state index is 12.0. The van der Waals surface area contributed by atoms with Crippen LogP contribution in [0.4, 0.5) is 0 Å². The molecule has 0 unspecified atom stereocenters. The standard InChI is InChI=1S/C12H14N4O6S4/c17-9(15-11-13-5-1-25(19,20)3-7(5)23-11)10(18)16-12-14-6-2-26(21,22)4-8(6)24-12/h5-8H,1-4H2,(H,13,15,17)(H,14,16,18)/t5-,6+,7-,8+. The smallest absolute Gasteiger partial charge is 0.297 e. The highest BCUT2D eigenvalue weighted by Crippen LogP contribution is 2.34. The fourth-order valence-corrected chi connectivity index (χ4v) is 10.4. The second-order valence-electron chi connectivity index (χ2n) is 6.38. The number of carbonyl (C=O) groups is 2. The minimum absolute atomic E-state index is 0.0104. The second kappa shape index (κ2) is 6.21. The van der Waals surface area contributed by atoms with Gasteiger partial charge in [-0.1, -0.05) is 23.5 Å². The number of amidine groups is 2. The van der Waals surface area contributed by atoms with Crippen LogP contribution >= 0.6 is 23.5 Å². The number of rotatable bonds is 0. The summed E-state index contributed by atoms with van der Waals surface area (Å²) in [6, 6.07) is -0.779. The largest absolute Gasteiger partial charge is 0.315 e. The number of sulfone groups is 2. The van der Waals surface area contributed by atoms with Gasteiger partial charge < -0.3 is 0 Å². The molecule has 0 aromatic carbocycles. The lowest BCUT2D eigenvalue weighted by atomic mass is 10.3. The molecule has 10 nitrogen and oxygen atoms in total. The van der Waals surface area contributed by atoms with Gasteiger partial charge in [-0.2, -0.15) is 0 Å². The van der Waals surface area contributed by atoms with Crippen LogP contribution in [0, 0.1) is 0 Å². The Morgan fingerprint density at radius 3 is 1.50 bits per heavy atom. The number of aliphatic imine (C=N–C) groups is 2. The van der Waals surface area contributed by atoms with Gasteiger partial charge in [0.05, 0.1) is 35.1 Å². The molecule has 0 radical (unpaired) electrons. The molecule has 4 rings (SSSR count). The molecular weight excluding hydrogens is 424 g/mol. The van der Waals surface area contributed by atoms with Gasteiger partial charge in [0.1, 0.15) is 0 Å². The molecule has 26 heavy (non-hydrogen) atoms. The third kappa shape index (κ3) is 3.64. The summed E-state index contributed by atoms with van der Waals surface area (Å²) in [4.78, 5) is 32.3. The van der Waals surface area contributed by atoms with Crippen LogP contribution in [0.25, 0.3) is 0 Å². The van der Waals surface area contributed by atoms with Crippen LogP contribution in [0.15, 0.2) is 9.98 Å². The third-order valence-electron chi connectivity index (χ3n) is 4.28. The molecule has 0 aliphatic carbocycles. The summed E-state index contributed by atoms with van der Waals surface area (Å²) in [5.41, 5.74) is 0. The molecule has 0 aromatic heterocycles. The Balaban J connectivity index is 1.32. The number of fused-ring (bicyclic) bond motifs is 2. The molecule has 0 aromatic rings. The molecule has 4 aliphatic heterocycles. The van der Waals surface area contributed by atoms with E-state index < -0.39 is 31.5 Å². The molecule has 142 valence electrons. The average molecular weight is 439 g/mol. The zero-order valence-corrected chi connectivity index (χ0v) is 16.4. The van der Waals surface area contributed by atoms with E-state index in [1.165, 1.54) is 0 Å². The lowest BCUT2D eigenvalue weighted by molar-refractivity contribution is -0.137. The van der Waals surface area contributed by atoms with E-state index in [-0.39, 0.29) is 55.9 Å². The van der Waals surface area contributed by atoms with Crippen LogP contribution in [-0.4, -0.2) is 84.6 Å². The van der Waals surface area contributed by atoms with E-state index in [4.69, 9.17) is 0 Å². The Hall–Kier alpha value is -1.12. The fourth-order valence-electron chi connectivity index (χ4n) is 3.14. The molecule has 4 aliphatic rings. The minimum Gasteiger partial charge on any atom is -0.297 e. The van der Waals surface area contributed by atoms with Gasteiger partial charge in [0.15, 0.2) is 30.0 Å². The van der Waals surface area contributed by atoms with Crippen molar-refractivity contribution in [2.24, 2.45) is 9.98 Å². The van der Waals surface area contributed by atoms with Crippen LogP contribution < -0.4 is 10.6 Å². The van der Waals surface area contributed by atoms with Crippen molar-refractivity contribution >= 4 is 65.3 Å². The van der Waals surface area contributed by atoms with Crippen molar-refractivity contribution < 1.29 is 26.4 Å². The molecule has 4 atom stereocenters. The summed E-state index contributed by atoms with van der Waals surface area (Å²) in [6.45, 7) is 0.